The van der Waals surface area contributed by atoms with Crippen LogP contribution in [0.4, 0.5) is 0 Å². The van der Waals surface area contributed by atoms with Gasteiger partial charge >= 0.3 is 5.97 Å². The Morgan fingerprint density at radius 1 is 1.06 bits per heavy atom. The lowest BCUT2D eigenvalue weighted by Gasteiger charge is -2.31. The van der Waals surface area contributed by atoms with Crippen LogP contribution in [0, 0.1) is 25.7 Å². The number of fused-ring (bicyclic) bond motifs is 3. The molecule has 0 amide bonds. The molecule has 0 radical (unpaired) electrons. The van der Waals surface area contributed by atoms with E-state index in [2.05, 4.69) is 54.5 Å². The zero-order valence-corrected chi connectivity index (χ0v) is 20.8. The Morgan fingerprint density at radius 2 is 1.81 bits per heavy atom. The molecule has 4 aromatic rings. The molecule has 182 valence electrons. The number of rotatable bonds is 5. The predicted molar refractivity (Wildman–Crippen MR) is 137 cm³/mol. The van der Waals surface area contributed by atoms with Gasteiger partial charge in [-0.05, 0) is 72.7 Å². The lowest BCUT2D eigenvalue weighted by molar-refractivity contribution is -0.144. The summed E-state index contributed by atoms with van der Waals surface area (Å²) in [6.07, 6.45) is 3.52. The van der Waals surface area contributed by atoms with E-state index in [1.165, 1.54) is 16.7 Å². The van der Waals surface area contributed by atoms with Crippen LogP contribution >= 0.6 is 0 Å². The van der Waals surface area contributed by atoms with Gasteiger partial charge in [0, 0.05) is 11.5 Å². The SMILES string of the molecule is Cc1cc(OCc2cnnn2-c2ccc(-c3ccccc3)cc2)c(C)c2c1CC[C@H]1[C@H](C)C(=O)O[C@@H]21. The first-order valence-electron chi connectivity index (χ1n) is 12.5. The lowest BCUT2D eigenvalue weighted by Crippen LogP contribution is -2.22. The van der Waals surface area contributed by atoms with Crippen LogP contribution in [0.2, 0.25) is 0 Å². The van der Waals surface area contributed by atoms with Gasteiger partial charge in [0.2, 0.25) is 0 Å². The van der Waals surface area contributed by atoms with Crippen LogP contribution in [-0.2, 0) is 22.6 Å². The van der Waals surface area contributed by atoms with Gasteiger partial charge in [-0.25, -0.2) is 4.68 Å². The van der Waals surface area contributed by atoms with Crippen LogP contribution in [0.5, 0.6) is 5.75 Å². The van der Waals surface area contributed by atoms with E-state index < -0.39 is 0 Å². The number of esters is 1. The summed E-state index contributed by atoms with van der Waals surface area (Å²) in [5, 5.41) is 8.44. The van der Waals surface area contributed by atoms with Crippen molar-refractivity contribution < 1.29 is 14.3 Å². The maximum atomic E-state index is 12.3. The molecule has 3 aromatic carbocycles. The Balaban J connectivity index is 1.25. The molecule has 1 saturated heterocycles. The van der Waals surface area contributed by atoms with Gasteiger partial charge in [-0.2, -0.15) is 0 Å². The quantitative estimate of drug-likeness (QED) is 0.332. The van der Waals surface area contributed by atoms with Crippen LogP contribution in [0.15, 0.2) is 66.9 Å². The zero-order valence-electron chi connectivity index (χ0n) is 20.8. The molecule has 1 aromatic heterocycles. The molecule has 0 saturated carbocycles. The van der Waals surface area contributed by atoms with E-state index >= 15 is 0 Å². The van der Waals surface area contributed by atoms with Crippen LogP contribution in [0.1, 0.15) is 47.4 Å². The lowest BCUT2D eigenvalue weighted by atomic mass is 9.74. The number of benzene rings is 3. The first-order valence-corrected chi connectivity index (χ1v) is 12.5. The van der Waals surface area contributed by atoms with Crippen molar-refractivity contribution in [2.45, 2.75) is 46.3 Å². The molecular formula is C30H29N3O3. The fourth-order valence-corrected chi connectivity index (χ4v) is 5.72. The van der Waals surface area contributed by atoms with Gasteiger partial charge in [-0.1, -0.05) is 54.6 Å². The van der Waals surface area contributed by atoms with Crippen molar-refractivity contribution in [1.29, 1.82) is 0 Å². The number of hydrogen-bond donors (Lipinski definition) is 0. The van der Waals surface area contributed by atoms with Gasteiger partial charge in [0.05, 0.1) is 17.8 Å². The van der Waals surface area contributed by atoms with E-state index in [1.54, 1.807) is 6.20 Å². The minimum absolute atomic E-state index is 0.0545. The van der Waals surface area contributed by atoms with E-state index in [0.29, 0.717) is 6.61 Å². The summed E-state index contributed by atoms with van der Waals surface area (Å²) < 4.78 is 14.0. The molecule has 6 rings (SSSR count). The normalized spacial score (nSPS) is 20.5. The number of nitrogens with zero attached hydrogens (tertiary/aromatic N) is 3. The van der Waals surface area contributed by atoms with E-state index in [4.69, 9.17) is 9.47 Å². The second-order valence-corrected chi connectivity index (χ2v) is 9.90. The number of hydrogen-bond acceptors (Lipinski definition) is 5. The van der Waals surface area contributed by atoms with Crippen molar-refractivity contribution in [2.24, 2.45) is 11.8 Å². The van der Waals surface area contributed by atoms with Gasteiger partial charge in [-0.15, -0.1) is 5.10 Å². The molecule has 2 aliphatic rings. The highest BCUT2D eigenvalue weighted by atomic mass is 16.6. The number of aryl methyl sites for hydroxylation is 1. The summed E-state index contributed by atoms with van der Waals surface area (Å²) in [4.78, 5) is 12.3. The smallest absolute Gasteiger partial charge is 0.309 e. The minimum Gasteiger partial charge on any atom is -0.487 e. The van der Waals surface area contributed by atoms with Crippen molar-refractivity contribution >= 4 is 5.97 Å². The molecule has 1 fully saturated rings. The predicted octanol–water partition coefficient (Wildman–Crippen LogP) is 5.93. The number of carbonyl (C=O) groups excluding carboxylic acids is 1. The highest BCUT2D eigenvalue weighted by molar-refractivity contribution is 5.76. The summed E-state index contributed by atoms with van der Waals surface area (Å²) in [5.41, 5.74) is 8.79. The summed E-state index contributed by atoms with van der Waals surface area (Å²) in [6.45, 7) is 6.51. The number of carbonyl (C=O) groups is 1. The van der Waals surface area contributed by atoms with Crippen LogP contribution in [0.3, 0.4) is 0 Å². The summed E-state index contributed by atoms with van der Waals surface area (Å²) in [6, 6.07) is 20.7. The third-order valence-corrected chi connectivity index (χ3v) is 7.79. The maximum absolute atomic E-state index is 12.3. The molecule has 0 bridgehead atoms. The van der Waals surface area contributed by atoms with Gasteiger partial charge in [0.25, 0.3) is 0 Å². The molecular weight excluding hydrogens is 450 g/mol. The Kier molecular flexibility index (Phi) is 5.59. The number of ether oxygens (including phenoxy) is 2. The fraction of sp³-hybridized carbons (Fsp3) is 0.300. The summed E-state index contributed by atoms with van der Waals surface area (Å²) in [7, 11) is 0. The standard InChI is InChI=1S/C30H29N3O3/c1-18-15-27(20(3)28-25(18)13-14-26-19(2)30(34)36-29(26)28)35-17-24-16-31-32-33(24)23-11-9-22(10-12-23)21-7-5-4-6-8-21/h4-12,15-16,19,26,29H,13-14,17H2,1-3H3/t19-,26-,29+/m0/s1. The molecule has 0 N–H and O–H groups in total. The van der Waals surface area contributed by atoms with E-state index in [-0.39, 0.29) is 23.9 Å². The first-order chi connectivity index (χ1) is 17.5. The van der Waals surface area contributed by atoms with Crippen LogP contribution in [0.25, 0.3) is 16.8 Å². The maximum Gasteiger partial charge on any atom is 0.309 e. The first kappa shape index (κ1) is 22.5. The molecule has 0 spiro atoms. The van der Waals surface area contributed by atoms with E-state index in [1.807, 2.05) is 41.9 Å². The highest BCUT2D eigenvalue weighted by Gasteiger charge is 2.46. The highest BCUT2D eigenvalue weighted by Crippen LogP contribution is 2.49. The van der Waals surface area contributed by atoms with Gasteiger partial charge in [0.15, 0.2) is 0 Å². The van der Waals surface area contributed by atoms with E-state index in [0.717, 1.165) is 46.7 Å². The molecule has 1 aliphatic carbocycles. The van der Waals surface area contributed by atoms with Crippen molar-refractivity contribution in [1.82, 2.24) is 15.0 Å². The molecule has 2 heterocycles. The second-order valence-electron chi connectivity index (χ2n) is 9.90. The second kappa shape index (κ2) is 8.94. The third kappa shape index (κ3) is 3.77. The summed E-state index contributed by atoms with van der Waals surface area (Å²) in [5.74, 6) is 0.910. The van der Waals surface area contributed by atoms with Gasteiger partial charge in [-0.3, -0.25) is 4.79 Å². The Bertz CT molecular complexity index is 1430. The van der Waals surface area contributed by atoms with Gasteiger partial charge < -0.3 is 9.47 Å². The topological polar surface area (TPSA) is 66.2 Å². The van der Waals surface area contributed by atoms with Gasteiger partial charge in [0.1, 0.15) is 24.2 Å². The van der Waals surface area contributed by atoms with E-state index in [9.17, 15) is 4.79 Å². The fourth-order valence-electron chi connectivity index (χ4n) is 5.72. The van der Waals surface area contributed by atoms with Crippen molar-refractivity contribution in [3.05, 3.63) is 94.8 Å². The molecule has 6 heteroatoms. The average molecular weight is 480 g/mol. The minimum atomic E-state index is -0.172. The molecule has 1 aliphatic heterocycles. The molecule has 3 atom stereocenters. The number of aromatic nitrogens is 3. The summed E-state index contributed by atoms with van der Waals surface area (Å²) >= 11 is 0. The van der Waals surface area contributed by atoms with Crippen molar-refractivity contribution in [2.75, 3.05) is 0 Å². The van der Waals surface area contributed by atoms with Crippen LogP contribution in [-0.4, -0.2) is 21.0 Å². The van der Waals surface area contributed by atoms with Crippen molar-refractivity contribution in [3.63, 3.8) is 0 Å². The monoisotopic (exact) mass is 479 g/mol. The molecule has 0 unspecified atom stereocenters. The van der Waals surface area contributed by atoms with Crippen LogP contribution < -0.4 is 4.74 Å². The third-order valence-electron chi connectivity index (χ3n) is 7.79. The largest absolute Gasteiger partial charge is 0.487 e. The Hall–Kier alpha value is -3.93. The molecule has 6 nitrogen and oxygen atoms in total. The Labute approximate surface area is 210 Å². The molecule has 36 heavy (non-hydrogen) atoms. The van der Waals surface area contributed by atoms with Crippen molar-refractivity contribution in [3.8, 4) is 22.6 Å². The Morgan fingerprint density at radius 3 is 2.58 bits per heavy atom. The zero-order chi connectivity index (χ0) is 24.8. The average Bonchev–Trinajstić information content (AvgIpc) is 3.49.